The van der Waals surface area contributed by atoms with E-state index in [1.807, 2.05) is 5.38 Å². The van der Waals surface area contributed by atoms with E-state index in [-0.39, 0.29) is 18.4 Å². The normalized spacial score (nSPS) is 19.8. The molecule has 1 aliphatic heterocycles. The summed E-state index contributed by atoms with van der Waals surface area (Å²) in [6, 6.07) is 0. The highest BCUT2D eigenvalue weighted by Crippen LogP contribution is 2.30. The number of halogens is 1. The Hall–Kier alpha value is -0.950. The number of anilines is 1. The summed E-state index contributed by atoms with van der Waals surface area (Å²) in [5.74, 6) is -0.592. The Kier molecular flexibility index (Phi) is 2.75. The minimum Gasteiger partial charge on any atom is -0.325 e. The van der Waals surface area contributed by atoms with Gasteiger partial charge in [-0.05, 0) is 29.8 Å². The summed E-state index contributed by atoms with van der Waals surface area (Å²) in [4.78, 5) is 29.0. The lowest BCUT2D eigenvalue weighted by Gasteiger charge is -2.39. The van der Waals surface area contributed by atoms with Gasteiger partial charge >= 0.3 is 0 Å². The first-order chi connectivity index (χ1) is 7.41. The van der Waals surface area contributed by atoms with E-state index in [1.165, 1.54) is 11.3 Å². The van der Waals surface area contributed by atoms with Crippen LogP contribution in [0.3, 0.4) is 0 Å². The minimum absolute atomic E-state index is 0.151. The topological polar surface area (TPSA) is 62.3 Å². The van der Waals surface area contributed by atoms with Gasteiger partial charge in [-0.2, -0.15) is 0 Å². The molecule has 0 radical (unpaired) electrons. The number of amides is 2. The molecule has 2 amide bonds. The van der Waals surface area contributed by atoms with Crippen LogP contribution in [-0.4, -0.2) is 28.9 Å². The highest BCUT2D eigenvalue weighted by Gasteiger charge is 2.42. The van der Waals surface area contributed by atoms with Crippen molar-refractivity contribution in [2.75, 3.05) is 11.4 Å². The first kappa shape index (κ1) is 11.5. The predicted octanol–water partition coefficient (Wildman–Crippen LogP) is 1.15. The van der Waals surface area contributed by atoms with Gasteiger partial charge in [0, 0.05) is 5.38 Å². The third-order valence-electron chi connectivity index (χ3n) is 2.48. The first-order valence-corrected chi connectivity index (χ1v) is 6.31. The second-order valence-electron chi connectivity index (χ2n) is 3.98. The van der Waals surface area contributed by atoms with E-state index in [0.717, 1.165) is 0 Å². The molecule has 86 valence electrons. The van der Waals surface area contributed by atoms with E-state index in [4.69, 9.17) is 0 Å². The van der Waals surface area contributed by atoms with E-state index in [2.05, 4.69) is 26.2 Å². The minimum atomic E-state index is -0.759. The van der Waals surface area contributed by atoms with Gasteiger partial charge in [0.05, 0.1) is 0 Å². The summed E-state index contributed by atoms with van der Waals surface area (Å²) >= 11 is 4.65. The molecule has 1 aromatic rings. The van der Waals surface area contributed by atoms with Crippen molar-refractivity contribution in [1.29, 1.82) is 0 Å². The Morgan fingerprint density at radius 1 is 1.56 bits per heavy atom. The van der Waals surface area contributed by atoms with Gasteiger partial charge in [0.2, 0.25) is 5.91 Å². The molecule has 0 aromatic carbocycles. The number of aromatic nitrogens is 1. The van der Waals surface area contributed by atoms with Crippen molar-refractivity contribution in [2.24, 2.45) is 0 Å². The van der Waals surface area contributed by atoms with Crippen LogP contribution in [0.1, 0.15) is 13.8 Å². The zero-order chi connectivity index (χ0) is 11.9. The van der Waals surface area contributed by atoms with Crippen molar-refractivity contribution in [2.45, 2.75) is 19.4 Å². The van der Waals surface area contributed by atoms with Crippen LogP contribution in [0.25, 0.3) is 0 Å². The molecule has 16 heavy (non-hydrogen) atoms. The molecule has 0 unspecified atom stereocenters. The number of nitrogens with one attached hydrogen (secondary N) is 1. The molecule has 7 heteroatoms. The lowest BCUT2D eigenvalue weighted by molar-refractivity contribution is -0.135. The smallest absolute Gasteiger partial charge is 0.251 e. The van der Waals surface area contributed by atoms with Crippen LogP contribution in [-0.2, 0) is 9.59 Å². The van der Waals surface area contributed by atoms with Gasteiger partial charge in [0.1, 0.15) is 16.7 Å². The number of rotatable bonds is 1. The molecule has 1 fully saturated rings. The van der Waals surface area contributed by atoms with Crippen molar-refractivity contribution in [1.82, 2.24) is 10.3 Å². The number of carbonyl (C=O) groups is 2. The Morgan fingerprint density at radius 3 is 2.81 bits per heavy atom. The Labute approximate surface area is 105 Å². The fraction of sp³-hybridized carbons (Fsp3) is 0.444. The quantitative estimate of drug-likeness (QED) is 0.791. The number of hydrogen-bond acceptors (Lipinski definition) is 5. The van der Waals surface area contributed by atoms with Crippen LogP contribution in [0.15, 0.2) is 9.98 Å². The number of imide groups is 1. The van der Waals surface area contributed by atoms with Gasteiger partial charge in [-0.1, -0.05) is 0 Å². The molecule has 1 aliphatic rings. The molecule has 0 aliphatic carbocycles. The maximum Gasteiger partial charge on any atom is 0.251 e. The van der Waals surface area contributed by atoms with E-state index in [1.54, 1.807) is 18.7 Å². The molecule has 0 saturated carbocycles. The molecule has 2 heterocycles. The van der Waals surface area contributed by atoms with Crippen LogP contribution < -0.4 is 10.2 Å². The average molecular weight is 304 g/mol. The molecule has 1 saturated heterocycles. The number of hydrogen-bond donors (Lipinski definition) is 1. The van der Waals surface area contributed by atoms with E-state index in [0.29, 0.717) is 9.73 Å². The van der Waals surface area contributed by atoms with Crippen LogP contribution in [0.5, 0.6) is 0 Å². The van der Waals surface area contributed by atoms with Crippen molar-refractivity contribution in [3.8, 4) is 0 Å². The number of carbonyl (C=O) groups excluding carboxylic acids is 2. The van der Waals surface area contributed by atoms with Gasteiger partial charge in [-0.25, -0.2) is 4.98 Å². The standard InChI is InChI=1S/C9H10BrN3O2S/c1-9(2)7(15)12-6(14)3-13(9)8-11-5(10)4-16-8/h4H,3H2,1-2H3,(H,12,14,15). The number of thiazole rings is 1. The van der Waals surface area contributed by atoms with Gasteiger partial charge < -0.3 is 4.90 Å². The molecular formula is C9H10BrN3O2S. The Balaban J connectivity index is 2.38. The first-order valence-electron chi connectivity index (χ1n) is 4.64. The maximum absolute atomic E-state index is 11.7. The fourth-order valence-electron chi connectivity index (χ4n) is 1.46. The molecule has 2 rings (SSSR count). The van der Waals surface area contributed by atoms with E-state index >= 15 is 0 Å². The zero-order valence-corrected chi connectivity index (χ0v) is 11.2. The third-order valence-corrected chi connectivity index (χ3v) is 4.05. The number of nitrogens with zero attached hydrogens (tertiary/aromatic N) is 2. The van der Waals surface area contributed by atoms with Crippen molar-refractivity contribution in [3.05, 3.63) is 9.98 Å². The van der Waals surface area contributed by atoms with Crippen LogP contribution in [0, 0.1) is 0 Å². The summed E-state index contributed by atoms with van der Waals surface area (Å²) in [6.07, 6.45) is 0. The van der Waals surface area contributed by atoms with Gasteiger partial charge in [0.15, 0.2) is 5.13 Å². The van der Waals surface area contributed by atoms with Gasteiger partial charge in [-0.15, -0.1) is 11.3 Å². The predicted molar refractivity (Wildman–Crippen MR) is 64.4 cm³/mol. The largest absolute Gasteiger partial charge is 0.325 e. The SMILES string of the molecule is CC1(C)C(=O)NC(=O)CN1c1nc(Br)cs1. The van der Waals surface area contributed by atoms with Crippen molar-refractivity contribution >= 4 is 44.2 Å². The summed E-state index contributed by atoms with van der Waals surface area (Å²) in [7, 11) is 0. The van der Waals surface area contributed by atoms with Crippen LogP contribution in [0.2, 0.25) is 0 Å². The van der Waals surface area contributed by atoms with Gasteiger partial charge in [0.25, 0.3) is 5.91 Å². The molecule has 0 bridgehead atoms. The highest BCUT2D eigenvalue weighted by atomic mass is 79.9. The van der Waals surface area contributed by atoms with Crippen molar-refractivity contribution in [3.63, 3.8) is 0 Å². The summed E-state index contributed by atoms with van der Waals surface area (Å²) in [5, 5.41) is 4.81. The fourth-order valence-corrected chi connectivity index (χ4v) is 2.85. The third kappa shape index (κ3) is 1.84. The average Bonchev–Trinajstić information content (AvgIpc) is 2.58. The lowest BCUT2D eigenvalue weighted by Crippen LogP contribution is -2.64. The Morgan fingerprint density at radius 2 is 2.25 bits per heavy atom. The maximum atomic E-state index is 11.7. The number of piperazine rings is 1. The zero-order valence-electron chi connectivity index (χ0n) is 8.78. The summed E-state index contributed by atoms with van der Waals surface area (Å²) in [5.41, 5.74) is -0.759. The van der Waals surface area contributed by atoms with Crippen molar-refractivity contribution < 1.29 is 9.59 Å². The molecule has 5 nitrogen and oxygen atoms in total. The van der Waals surface area contributed by atoms with Crippen LogP contribution >= 0.6 is 27.3 Å². The molecule has 1 N–H and O–H groups in total. The Bertz CT molecular complexity index is 457. The van der Waals surface area contributed by atoms with E-state index < -0.39 is 5.54 Å². The molecule has 1 aromatic heterocycles. The second-order valence-corrected chi connectivity index (χ2v) is 5.62. The summed E-state index contributed by atoms with van der Waals surface area (Å²) < 4.78 is 0.710. The lowest BCUT2D eigenvalue weighted by atomic mass is 10.00. The molecular weight excluding hydrogens is 294 g/mol. The molecule has 0 atom stereocenters. The van der Waals surface area contributed by atoms with E-state index in [9.17, 15) is 9.59 Å². The van der Waals surface area contributed by atoms with Gasteiger partial charge in [-0.3, -0.25) is 14.9 Å². The monoisotopic (exact) mass is 303 g/mol. The summed E-state index contributed by atoms with van der Waals surface area (Å²) in [6.45, 7) is 3.69. The van der Waals surface area contributed by atoms with Crippen LogP contribution in [0.4, 0.5) is 5.13 Å². The highest BCUT2D eigenvalue weighted by molar-refractivity contribution is 9.10. The molecule has 0 spiro atoms. The second kappa shape index (κ2) is 3.81.